The minimum atomic E-state index is 0.109. The van der Waals surface area contributed by atoms with Gasteiger partial charge in [0.2, 0.25) is 5.78 Å². The molecule has 0 aliphatic carbocycles. The summed E-state index contributed by atoms with van der Waals surface area (Å²) in [5, 5.41) is 2.98. The fraction of sp³-hybridized carbons (Fsp3) is 0.125. The first-order valence-electron chi connectivity index (χ1n) is 6.25. The van der Waals surface area contributed by atoms with Gasteiger partial charge in [-0.15, -0.1) is 11.3 Å². The Balaban J connectivity index is 2.06. The minimum absolute atomic E-state index is 0.109. The molecule has 94 valence electrons. The van der Waals surface area contributed by atoms with Crippen LogP contribution in [0.25, 0.3) is 10.9 Å². The Morgan fingerprint density at radius 3 is 3.00 bits per heavy atom. The number of pyridine rings is 1. The molecule has 2 nitrogen and oxygen atoms in total. The zero-order valence-corrected chi connectivity index (χ0v) is 11.4. The summed E-state index contributed by atoms with van der Waals surface area (Å²) in [6.45, 7) is 2.07. The molecular formula is C16H13NOS. The monoisotopic (exact) mass is 267 g/mol. The Hall–Kier alpha value is -2.00. The summed E-state index contributed by atoms with van der Waals surface area (Å²) in [5.74, 6) is 0.109. The topological polar surface area (TPSA) is 30.0 Å². The van der Waals surface area contributed by atoms with Crippen molar-refractivity contribution in [3.63, 3.8) is 0 Å². The molecule has 2 heterocycles. The molecule has 0 saturated carbocycles. The van der Waals surface area contributed by atoms with Crippen molar-refractivity contribution in [1.82, 2.24) is 4.98 Å². The van der Waals surface area contributed by atoms with Gasteiger partial charge in [0.05, 0.1) is 10.4 Å². The Morgan fingerprint density at radius 2 is 2.16 bits per heavy atom. The van der Waals surface area contributed by atoms with E-state index in [1.54, 1.807) is 6.20 Å². The Bertz CT molecular complexity index is 745. The summed E-state index contributed by atoms with van der Waals surface area (Å²) >= 11 is 1.52. The molecule has 3 aromatic rings. The number of hydrogen-bond donors (Lipinski definition) is 0. The van der Waals surface area contributed by atoms with Gasteiger partial charge in [0, 0.05) is 17.1 Å². The van der Waals surface area contributed by atoms with Gasteiger partial charge < -0.3 is 0 Å². The summed E-state index contributed by atoms with van der Waals surface area (Å²) in [6.07, 6.45) is 2.65. The van der Waals surface area contributed by atoms with E-state index in [2.05, 4.69) is 11.9 Å². The van der Waals surface area contributed by atoms with Crippen molar-refractivity contribution >= 4 is 28.0 Å². The van der Waals surface area contributed by atoms with E-state index in [1.807, 2.05) is 41.8 Å². The lowest BCUT2D eigenvalue weighted by Gasteiger charge is -2.03. The molecule has 0 unspecified atom stereocenters. The molecule has 3 heteroatoms. The third-order valence-corrected chi connectivity index (χ3v) is 4.15. The first kappa shape index (κ1) is 12.1. The number of ketones is 1. The zero-order chi connectivity index (χ0) is 13.2. The quantitative estimate of drug-likeness (QED) is 0.669. The molecule has 3 rings (SSSR count). The van der Waals surface area contributed by atoms with Crippen molar-refractivity contribution in [2.45, 2.75) is 13.3 Å². The SMILES string of the molecule is CCc1ccsc1C(=O)c1ccc2ncccc2c1. The molecule has 0 saturated heterocycles. The van der Waals surface area contributed by atoms with Crippen molar-refractivity contribution in [3.05, 3.63) is 64.0 Å². The number of benzene rings is 1. The van der Waals surface area contributed by atoms with Crippen molar-refractivity contribution in [2.24, 2.45) is 0 Å². The number of thiophene rings is 1. The zero-order valence-electron chi connectivity index (χ0n) is 10.6. The smallest absolute Gasteiger partial charge is 0.203 e. The Labute approximate surface area is 115 Å². The van der Waals surface area contributed by atoms with E-state index in [4.69, 9.17) is 0 Å². The maximum absolute atomic E-state index is 12.5. The number of aromatic nitrogens is 1. The van der Waals surface area contributed by atoms with Crippen molar-refractivity contribution in [2.75, 3.05) is 0 Å². The second kappa shape index (κ2) is 4.94. The average Bonchev–Trinajstić information content (AvgIpc) is 2.94. The molecule has 1 aromatic carbocycles. The lowest BCUT2D eigenvalue weighted by Crippen LogP contribution is -2.01. The molecule has 0 aliphatic rings. The van der Waals surface area contributed by atoms with E-state index in [0.717, 1.165) is 33.3 Å². The highest BCUT2D eigenvalue weighted by Gasteiger charge is 2.14. The molecule has 0 amide bonds. The number of carbonyl (C=O) groups excluding carboxylic acids is 1. The molecule has 19 heavy (non-hydrogen) atoms. The summed E-state index contributed by atoms with van der Waals surface area (Å²) < 4.78 is 0. The van der Waals surface area contributed by atoms with Crippen LogP contribution in [-0.2, 0) is 6.42 Å². The average molecular weight is 267 g/mol. The fourth-order valence-corrected chi connectivity index (χ4v) is 3.12. The van der Waals surface area contributed by atoms with Gasteiger partial charge in [0.25, 0.3) is 0 Å². The molecule has 2 aromatic heterocycles. The van der Waals surface area contributed by atoms with Gasteiger partial charge in [0.1, 0.15) is 0 Å². The van der Waals surface area contributed by atoms with E-state index >= 15 is 0 Å². The number of fused-ring (bicyclic) bond motifs is 1. The van der Waals surface area contributed by atoms with E-state index < -0.39 is 0 Å². The van der Waals surface area contributed by atoms with Gasteiger partial charge in [0.15, 0.2) is 0 Å². The van der Waals surface area contributed by atoms with Gasteiger partial charge in [-0.1, -0.05) is 13.0 Å². The molecule has 0 atom stereocenters. The standard InChI is InChI=1S/C16H13NOS/c1-2-11-7-9-19-16(11)15(18)13-5-6-14-12(10-13)4-3-8-17-14/h3-10H,2H2,1H3. The summed E-state index contributed by atoms with van der Waals surface area (Å²) in [5.41, 5.74) is 2.78. The highest BCUT2D eigenvalue weighted by Crippen LogP contribution is 2.23. The lowest BCUT2D eigenvalue weighted by molar-refractivity contribution is 0.104. The van der Waals surface area contributed by atoms with Gasteiger partial charge in [-0.05, 0) is 47.7 Å². The number of rotatable bonds is 3. The second-order valence-electron chi connectivity index (χ2n) is 4.37. The van der Waals surface area contributed by atoms with E-state index in [0.29, 0.717) is 0 Å². The third kappa shape index (κ3) is 2.17. The van der Waals surface area contributed by atoms with Crippen LogP contribution >= 0.6 is 11.3 Å². The fourth-order valence-electron chi connectivity index (χ4n) is 2.16. The molecular weight excluding hydrogens is 254 g/mol. The first-order chi connectivity index (χ1) is 9.29. The maximum Gasteiger partial charge on any atom is 0.203 e. The van der Waals surface area contributed by atoms with Crippen molar-refractivity contribution < 1.29 is 4.79 Å². The maximum atomic E-state index is 12.5. The molecule has 0 N–H and O–H groups in total. The van der Waals surface area contributed by atoms with Gasteiger partial charge in [-0.25, -0.2) is 0 Å². The number of carbonyl (C=O) groups is 1. The van der Waals surface area contributed by atoms with E-state index in [9.17, 15) is 4.79 Å². The first-order valence-corrected chi connectivity index (χ1v) is 7.13. The van der Waals surface area contributed by atoms with E-state index in [-0.39, 0.29) is 5.78 Å². The van der Waals surface area contributed by atoms with Crippen LogP contribution in [0.4, 0.5) is 0 Å². The van der Waals surface area contributed by atoms with Crippen molar-refractivity contribution in [3.8, 4) is 0 Å². The molecule has 0 radical (unpaired) electrons. The Morgan fingerprint density at radius 1 is 1.26 bits per heavy atom. The van der Waals surface area contributed by atoms with Crippen LogP contribution in [0, 0.1) is 0 Å². The van der Waals surface area contributed by atoms with Gasteiger partial charge >= 0.3 is 0 Å². The minimum Gasteiger partial charge on any atom is -0.288 e. The molecule has 0 spiro atoms. The highest BCUT2D eigenvalue weighted by atomic mass is 32.1. The van der Waals surface area contributed by atoms with Gasteiger partial charge in [-0.3, -0.25) is 9.78 Å². The summed E-state index contributed by atoms with van der Waals surface area (Å²) in [7, 11) is 0. The molecule has 0 aliphatic heterocycles. The molecule has 0 bridgehead atoms. The van der Waals surface area contributed by atoms with Crippen LogP contribution < -0.4 is 0 Å². The van der Waals surface area contributed by atoms with Crippen LogP contribution in [0.3, 0.4) is 0 Å². The lowest BCUT2D eigenvalue weighted by atomic mass is 10.0. The van der Waals surface area contributed by atoms with Crippen LogP contribution in [0.2, 0.25) is 0 Å². The third-order valence-electron chi connectivity index (χ3n) is 3.20. The number of nitrogens with zero attached hydrogens (tertiary/aromatic N) is 1. The normalized spacial score (nSPS) is 10.8. The highest BCUT2D eigenvalue weighted by molar-refractivity contribution is 7.12. The summed E-state index contributed by atoms with van der Waals surface area (Å²) in [4.78, 5) is 17.6. The van der Waals surface area contributed by atoms with E-state index in [1.165, 1.54) is 11.3 Å². The summed E-state index contributed by atoms with van der Waals surface area (Å²) in [6, 6.07) is 11.6. The van der Waals surface area contributed by atoms with Crippen LogP contribution in [0.5, 0.6) is 0 Å². The predicted octanol–water partition coefficient (Wildman–Crippen LogP) is 4.09. The Kier molecular flexibility index (Phi) is 3.13. The van der Waals surface area contributed by atoms with Crippen molar-refractivity contribution in [1.29, 1.82) is 0 Å². The van der Waals surface area contributed by atoms with Gasteiger partial charge in [-0.2, -0.15) is 0 Å². The molecule has 0 fully saturated rings. The number of hydrogen-bond acceptors (Lipinski definition) is 3. The predicted molar refractivity (Wildman–Crippen MR) is 78.9 cm³/mol. The largest absolute Gasteiger partial charge is 0.288 e. The second-order valence-corrected chi connectivity index (χ2v) is 5.28. The number of aryl methyl sites for hydroxylation is 1. The van der Waals surface area contributed by atoms with Crippen LogP contribution in [-0.4, -0.2) is 10.8 Å². The van der Waals surface area contributed by atoms with Crippen LogP contribution in [0.15, 0.2) is 48.0 Å². The van der Waals surface area contributed by atoms with Crippen LogP contribution in [0.1, 0.15) is 27.7 Å².